The van der Waals surface area contributed by atoms with Gasteiger partial charge in [-0.05, 0) is 23.8 Å². The molecule has 0 fully saturated rings. The van der Waals surface area contributed by atoms with Crippen LogP contribution in [0, 0.1) is 11.8 Å². The van der Waals surface area contributed by atoms with Gasteiger partial charge in [-0.1, -0.05) is 64.4 Å². The van der Waals surface area contributed by atoms with Crippen LogP contribution in [-0.2, 0) is 20.8 Å². The first-order valence-corrected chi connectivity index (χ1v) is 9.30. The van der Waals surface area contributed by atoms with Crippen molar-refractivity contribution in [2.24, 2.45) is 17.6 Å². The number of carboxylic acids is 1. The molecule has 0 radical (unpaired) electrons. The molecule has 0 aromatic heterocycles. The largest absolute Gasteiger partial charge is 0.480 e. The van der Waals surface area contributed by atoms with Crippen LogP contribution in [-0.4, -0.2) is 41.0 Å². The first-order chi connectivity index (χ1) is 12.7. The van der Waals surface area contributed by atoms with Gasteiger partial charge in [0.25, 0.3) is 0 Å². The van der Waals surface area contributed by atoms with Crippen LogP contribution in [0.1, 0.15) is 39.7 Å². The average Bonchev–Trinajstić information content (AvgIpc) is 2.63. The maximum Gasteiger partial charge on any atom is 0.326 e. The fraction of sp³-hybridized carbons (Fsp3) is 0.550. The van der Waals surface area contributed by atoms with Crippen molar-refractivity contribution in [3.63, 3.8) is 0 Å². The molecule has 150 valence electrons. The van der Waals surface area contributed by atoms with E-state index in [0.29, 0.717) is 12.8 Å². The van der Waals surface area contributed by atoms with Crippen molar-refractivity contribution in [3.05, 3.63) is 35.9 Å². The third-order valence-electron chi connectivity index (χ3n) is 4.66. The summed E-state index contributed by atoms with van der Waals surface area (Å²) in [7, 11) is 0. The monoisotopic (exact) mass is 377 g/mol. The molecule has 27 heavy (non-hydrogen) atoms. The van der Waals surface area contributed by atoms with Gasteiger partial charge >= 0.3 is 5.97 Å². The summed E-state index contributed by atoms with van der Waals surface area (Å²) in [5.41, 5.74) is 6.90. The van der Waals surface area contributed by atoms with Gasteiger partial charge in [0, 0.05) is 0 Å². The molecule has 0 bridgehead atoms. The van der Waals surface area contributed by atoms with Crippen molar-refractivity contribution >= 4 is 17.8 Å². The number of carbonyl (C=O) groups is 3. The number of nitrogens with two attached hydrogens (primary N) is 1. The van der Waals surface area contributed by atoms with Crippen molar-refractivity contribution < 1.29 is 19.5 Å². The molecule has 7 heteroatoms. The molecule has 1 aromatic carbocycles. The zero-order valence-electron chi connectivity index (χ0n) is 16.4. The summed E-state index contributed by atoms with van der Waals surface area (Å²) < 4.78 is 0. The molecule has 0 unspecified atom stereocenters. The number of amides is 2. The minimum atomic E-state index is -1.09. The zero-order chi connectivity index (χ0) is 20.6. The number of benzene rings is 1. The van der Waals surface area contributed by atoms with E-state index in [4.69, 9.17) is 5.73 Å². The Bertz CT molecular complexity index is 633. The van der Waals surface area contributed by atoms with Crippen molar-refractivity contribution in [3.8, 4) is 0 Å². The standard InChI is InChI=1S/C20H31N3O4/c1-5-13(4)17(20(26)27)23-19(25)16(12(2)3)22-18(24)15(21)11-14-9-7-6-8-10-14/h6-10,12-13,15-17H,5,11,21H2,1-4H3,(H,22,24)(H,23,25)(H,26,27)/t13-,15-,16-,17-/m0/s1. The minimum Gasteiger partial charge on any atom is -0.480 e. The molecular formula is C20H31N3O4. The molecule has 0 aliphatic carbocycles. The number of carbonyl (C=O) groups excluding carboxylic acids is 2. The summed E-state index contributed by atoms with van der Waals surface area (Å²) >= 11 is 0. The third kappa shape index (κ3) is 7.02. The van der Waals surface area contributed by atoms with Crippen LogP contribution in [0.2, 0.25) is 0 Å². The number of nitrogens with one attached hydrogen (secondary N) is 2. The number of rotatable bonds is 10. The van der Waals surface area contributed by atoms with Gasteiger partial charge in [-0.15, -0.1) is 0 Å². The van der Waals surface area contributed by atoms with Crippen LogP contribution < -0.4 is 16.4 Å². The first-order valence-electron chi connectivity index (χ1n) is 9.30. The van der Waals surface area contributed by atoms with E-state index >= 15 is 0 Å². The van der Waals surface area contributed by atoms with Gasteiger partial charge < -0.3 is 21.5 Å². The molecule has 7 nitrogen and oxygen atoms in total. The summed E-state index contributed by atoms with van der Waals surface area (Å²) in [6.45, 7) is 7.19. The molecule has 0 heterocycles. The van der Waals surface area contributed by atoms with Gasteiger partial charge in [-0.2, -0.15) is 0 Å². The van der Waals surface area contributed by atoms with E-state index in [0.717, 1.165) is 5.56 Å². The van der Waals surface area contributed by atoms with E-state index in [1.165, 1.54) is 0 Å². The molecule has 0 saturated heterocycles. The van der Waals surface area contributed by atoms with E-state index in [1.54, 1.807) is 20.8 Å². The van der Waals surface area contributed by atoms with E-state index in [9.17, 15) is 19.5 Å². The Kier molecular flexibility index (Phi) is 8.94. The quantitative estimate of drug-likeness (QED) is 0.490. The highest BCUT2D eigenvalue weighted by atomic mass is 16.4. The average molecular weight is 377 g/mol. The van der Waals surface area contributed by atoms with Crippen molar-refractivity contribution in [1.29, 1.82) is 0 Å². The highest BCUT2D eigenvalue weighted by Crippen LogP contribution is 2.10. The maximum absolute atomic E-state index is 12.6. The van der Waals surface area contributed by atoms with Crippen LogP contribution in [0.15, 0.2) is 30.3 Å². The second-order valence-electron chi connectivity index (χ2n) is 7.24. The normalized spacial score (nSPS) is 15.5. The van der Waals surface area contributed by atoms with Gasteiger partial charge in [0.1, 0.15) is 12.1 Å². The van der Waals surface area contributed by atoms with Crippen molar-refractivity contribution in [2.45, 2.75) is 58.7 Å². The number of hydrogen-bond donors (Lipinski definition) is 4. The third-order valence-corrected chi connectivity index (χ3v) is 4.66. The van der Waals surface area contributed by atoms with E-state index in [1.807, 2.05) is 37.3 Å². The lowest BCUT2D eigenvalue weighted by Crippen LogP contribution is -2.57. The summed E-state index contributed by atoms with van der Waals surface area (Å²) in [6.07, 6.45) is 0.960. The molecule has 0 spiro atoms. The Balaban J connectivity index is 2.77. The fourth-order valence-corrected chi connectivity index (χ4v) is 2.68. The van der Waals surface area contributed by atoms with Gasteiger partial charge in [-0.3, -0.25) is 9.59 Å². The number of aliphatic carboxylic acids is 1. The number of hydrogen-bond acceptors (Lipinski definition) is 4. The lowest BCUT2D eigenvalue weighted by Gasteiger charge is -2.27. The molecule has 2 amide bonds. The van der Waals surface area contributed by atoms with E-state index in [2.05, 4.69) is 10.6 Å². The van der Waals surface area contributed by atoms with Gasteiger partial charge in [0.15, 0.2) is 0 Å². The topological polar surface area (TPSA) is 122 Å². The summed E-state index contributed by atoms with van der Waals surface area (Å²) in [4.78, 5) is 36.5. The lowest BCUT2D eigenvalue weighted by atomic mass is 9.97. The van der Waals surface area contributed by atoms with Crippen LogP contribution in [0.3, 0.4) is 0 Å². The van der Waals surface area contributed by atoms with Crippen LogP contribution in [0.4, 0.5) is 0 Å². The molecular weight excluding hydrogens is 346 g/mol. The van der Waals surface area contributed by atoms with Crippen LogP contribution in [0.5, 0.6) is 0 Å². The minimum absolute atomic E-state index is 0.218. The Labute approximate surface area is 160 Å². The van der Waals surface area contributed by atoms with Gasteiger partial charge in [0.2, 0.25) is 11.8 Å². The van der Waals surface area contributed by atoms with Crippen molar-refractivity contribution in [1.82, 2.24) is 10.6 Å². The molecule has 0 aliphatic heterocycles. The van der Waals surface area contributed by atoms with Crippen LogP contribution >= 0.6 is 0 Å². The predicted molar refractivity (Wildman–Crippen MR) is 104 cm³/mol. The molecule has 0 aliphatic rings. The zero-order valence-corrected chi connectivity index (χ0v) is 16.4. The summed E-state index contributed by atoms with van der Waals surface area (Å²) in [5.74, 6) is -2.49. The molecule has 1 rings (SSSR count). The number of carboxylic acid groups (broad SMARTS) is 1. The highest BCUT2D eigenvalue weighted by molar-refractivity contribution is 5.92. The Morgan fingerprint density at radius 1 is 1.00 bits per heavy atom. The van der Waals surface area contributed by atoms with Crippen molar-refractivity contribution in [2.75, 3.05) is 0 Å². The van der Waals surface area contributed by atoms with E-state index in [-0.39, 0.29) is 11.8 Å². The predicted octanol–water partition coefficient (Wildman–Crippen LogP) is 1.31. The van der Waals surface area contributed by atoms with Gasteiger partial charge in [0.05, 0.1) is 6.04 Å². The molecule has 5 N–H and O–H groups in total. The summed E-state index contributed by atoms with van der Waals surface area (Å²) in [6, 6.07) is 6.71. The molecule has 0 saturated carbocycles. The van der Waals surface area contributed by atoms with Gasteiger partial charge in [-0.25, -0.2) is 4.79 Å². The Morgan fingerprint density at radius 2 is 1.56 bits per heavy atom. The van der Waals surface area contributed by atoms with Crippen LogP contribution in [0.25, 0.3) is 0 Å². The molecule has 1 aromatic rings. The SMILES string of the molecule is CC[C@H](C)[C@H](NC(=O)[C@@H](NC(=O)[C@@H](N)Cc1ccccc1)C(C)C)C(=O)O. The fourth-order valence-electron chi connectivity index (χ4n) is 2.68. The highest BCUT2D eigenvalue weighted by Gasteiger charge is 2.31. The molecule has 4 atom stereocenters. The lowest BCUT2D eigenvalue weighted by molar-refractivity contribution is -0.144. The Hall–Kier alpha value is -2.41. The Morgan fingerprint density at radius 3 is 2.04 bits per heavy atom. The first kappa shape index (κ1) is 22.6. The smallest absolute Gasteiger partial charge is 0.326 e. The van der Waals surface area contributed by atoms with E-state index < -0.39 is 35.9 Å². The second-order valence-corrected chi connectivity index (χ2v) is 7.24. The maximum atomic E-state index is 12.6. The second kappa shape index (κ2) is 10.7. The summed E-state index contributed by atoms with van der Waals surface area (Å²) in [5, 5.41) is 14.6.